The first-order chi connectivity index (χ1) is 16.4. The standard InChI is InChI=1S/C22H18F4N6O2S/c1-12(15-9-27-21(28-10-15)22(24,25)26)31-20-17-7-14(13-3-5-16(23)6-4-13)8-18(32-35(2,33)34)19(17)29-11-30-20/h3-12,32H,1-2H3,(H,29,30,31). The van der Waals surface area contributed by atoms with E-state index in [1.807, 2.05) is 0 Å². The minimum atomic E-state index is -4.65. The van der Waals surface area contributed by atoms with Gasteiger partial charge < -0.3 is 5.32 Å². The number of alkyl halides is 3. The van der Waals surface area contributed by atoms with Crippen LogP contribution in [-0.4, -0.2) is 34.6 Å². The van der Waals surface area contributed by atoms with Crippen LogP contribution in [0, 0.1) is 5.82 Å². The number of benzene rings is 2. The predicted octanol–water partition coefficient (Wildman–Crippen LogP) is 4.79. The van der Waals surface area contributed by atoms with E-state index in [1.54, 1.807) is 31.2 Å². The Morgan fingerprint density at radius 3 is 2.20 bits per heavy atom. The van der Waals surface area contributed by atoms with Crippen molar-refractivity contribution in [3.05, 3.63) is 72.3 Å². The first kappa shape index (κ1) is 24.3. The van der Waals surface area contributed by atoms with E-state index in [0.29, 0.717) is 27.9 Å². The summed E-state index contributed by atoms with van der Waals surface area (Å²) in [7, 11) is -3.67. The highest BCUT2D eigenvalue weighted by atomic mass is 32.2. The number of aromatic nitrogens is 4. The Hall–Kier alpha value is -3.87. The van der Waals surface area contributed by atoms with Crippen LogP contribution in [0.15, 0.2) is 55.1 Å². The quantitative estimate of drug-likeness (QED) is 0.362. The fraction of sp³-hybridized carbons (Fsp3) is 0.182. The third-order valence-corrected chi connectivity index (χ3v) is 5.58. The number of halogens is 4. The van der Waals surface area contributed by atoms with Crippen LogP contribution >= 0.6 is 0 Å². The van der Waals surface area contributed by atoms with Gasteiger partial charge in [0.1, 0.15) is 18.0 Å². The maximum atomic E-state index is 13.4. The van der Waals surface area contributed by atoms with Crippen molar-refractivity contribution in [1.82, 2.24) is 19.9 Å². The Balaban J connectivity index is 1.78. The monoisotopic (exact) mass is 506 g/mol. The van der Waals surface area contributed by atoms with E-state index >= 15 is 0 Å². The zero-order valence-corrected chi connectivity index (χ0v) is 19.1. The van der Waals surface area contributed by atoms with Crippen molar-refractivity contribution in [3.63, 3.8) is 0 Å². The lowest BCUT2D eigenvalue weighted by Gasteiger charge is -2.18. The molecule has 2 N–H and O–H groups in total. The fourth-order valence-electron chi connectivity index (χ4n) is 3.37. The summed E-state index contributed by atoms with van der Waals surface area (Å²) in [5.74, 6) is -1.38. The van der Waals surface area contributed by atoms with Crippen LogP contribution in [-0.2, 0) is 16.2 Å². The van der Waals surface area contributed by atoms with Gasteiger partial charge in [-0.1, -0.05) is 12.1 Å². The van der Waals surface area contributed by atoms with Gasteiger partial charge in [-0.2, -0.15) is 13.2 Å². The molecular weight excluding hydrogens is 488 g/mol. The Morgan fingerprint density at radius 2 is 1.60 bits per heavy atom. The van der Waals surface area contributed by atoms with Crippen molar-refractivity contribution in [1.29, 1.82) is 0 Å². The summed E-state index contributed by atoms with van der Waals surface area (Å²) in [5, 5.41) is 3.52. The highest BCUT2D eigenvalue weighted by molar-refractivity contribution is 7.92. The molecule has 182 valence electrons. The molecule has 2 aromatic heterocycles. The number of rotatable bonds is 6. The van der Waals surface area contributed by atoms with Gasteiger partial charge >= 0.3 is 6.18 Å². The molecule has 4 aromatic rings. The SMILES string of the molecule is CC(Nc1ncnc2c(NS(C)(=O)=O)cc(-c3ccc(F)cc3)cc12)c1cnc(C(F)(F)F)nc1. The number of fused-ring (bicyclic) bond motifs is 1. The molecule has 0 fully saturated rings. The first-order valence-electron chi connectivity index (χ1n) is 10.1. The Kier molecular flexibility index (Phi) is 6.28. The Bertz CT molecular complexity index is 1480. The predicted molar refractivity (Wildman–Crippen MR) is 122 cm³/mol. The summed E-state index contributed by atoms with van der Waals surface area (Å²) in [6, 6.07) is 8.35. The van der Waals surface area contributed by atoms with Gasteiger partial charge in [-0.25, -0.2) is 32.7 Å². The highest BCUT2D eigenvalue weighted by Gasteiger charge is 2.34. The van der Waals surface area contributed by atoms with E-state index in [2.05, 4.69) is 30.0 Å². The molecule has 4 rings (SSSR count). The van der Waals surface area contributed by atoms with E-state index in [9.17, 15) is 26.0 Å². The van der Waals surface area contributed by atoms with Crippen molar-refractivity contribution in [2.75, 3.05) is 16.3 Å². The summed E-state index contributed by atoms with van der Waals surface area (Å²) in [5.41, 5.74) is 2.01. The third-order valence-electron chi connectivity index (χ3n) is 4.99. The second-order valence-corrected chi connectivity index (χ2v) is 9.48. The molecule has 0 aliphatic rings. The maximum Gasteiger partial charge on any atom is 0.451 e. The number of sulfonamides is 1. The lowest BCUT2D eigenvalue weighted by atomic mass is 10.0. The minimum Gasteiger partial charge on any atom is -0.363 e. The van der Waals surface area contributed by atoms with Crippen molar-refractivity contribution in [2.24, 2.45) is 0 Å². The summed E-state index contributed by atoms with van der Waals surface area (Å²) in [6.45, 7) is 1.68. The third kappa shape index (κ3) is 5.62. The number of hydrogen-bond donors (Lipinski definition) is 2. The molecular formula is C22H18F4N6O2S. The van der Waals surface area contributed by atoms with Crippen LogP contribution in [0.3, 0.4) is 0 Å². The minimum absolute atomic E-state index is 0.181. The van der Waals surface area contributed by atoms with E-state index in [-0.39, 0.29) is 11.2 Å². The van der Waals surface area contributed by atoms with Gasteiger partial charge in [-0.05, 0) is 42.3 Å². The molecule has 0 aliphatic carbocycles. The van der Waals surface area contributed by atoms with Crippen LogP contribution in [0.2, 0.25) is 0 Å². The number of nitrogens with one attached hydrogen (secondary N) is 2. The van der Waals surface area contributed by atoms with Crippen molar-refractivity contribution in [2.45, 2.75) is 19.1 Å². The normalized spacial score (nSPS) is 13.0. The molecule has 0 radical (unpaired) electrons. The molecule has 1 atom stereocenters. The van der Waals surface area contributed by atoms with Gasteiger partial charge in [-0.3, -0.25) is 4.72 Å². The largest absolute Gasteiger partial charge is 0.451 e. The Labute approximate surface area is 197 Å². The summed E-state index contributed by atoms with van der Waals surface area (Å²) >= 11 is 0. The molecule has 0 aliphatic heterocycles. The van der Waals surface area contributed by atoms with Crippen LogP contribution in [0.1, 0.15) is 24.4 Å². The van der Waals surface area contributed by atoms with Crippen molar-refractivity contribution in [3.8, 4) is 11.1 Å². The average Bonchev–Trinajstić information content (AvgIpc) is 2.78. The van der Waals surface area contributed by atoms with E-state index < -0.39 is 33.9 Å². The molecule has 2 aromatic carbocycles. The second-order valence-electron chi connectivity index (χ2n) is 7.73. The first-order valence-corrected chi connectivity index (χ1v) is 12.0. The Morgan fingerprint density at radius 1 is 0.943 bits per heavy atom. The van der Waals surface area contributed by atoms with Crippen LogP contribution < -0.4 is 10.0 Å². The van der Waals surface area contributed by atoms with Gasteiger partial charge in [0.2, 0.25) is 15.8 Å². The summed E-state index contributed by atoms with van der Waals surface area (Å²) in [6.07, 6.45) is -0.297. The van der Waals surface area contributed by atoms with Crippen LogP contribution in [0.5, 0.6) is 0 Å². The van der Waals surface area contributed by atoms with Gasteiger partial charge in [0.15, 0.2) is 0 Å². The molecule has 1 unspecified atom stereocenters. The molecule has 0 spiro atoms. The number of anilines is 2. The molecule has 0 amide bonds. The zero-order valence-electron chi connectivity index (χ0n) is 18.3. The molecule has 2 heterocycles. The van der Waals surface area contributed by atoms with Crippen LogP contribution in [0.25, 0.3) is 22.0 Å². The molecule has 8 nitrogen and oxygen atoms in total. The number of hydrogen-bond acceptors (Lipinski definition) is 7. The van der Waals surface area contributed by atoms with Gasteiger partial charge in [0.25, 0.3) is 0 Å². The summed E-state index contributed by atoms with van der Waals surface area (Å²) < 4.78 is 78.1. The van der Waals surface area contributed by atoms with Crippen molar-refractivity contribution < 1.29 is 26.0 Å². The highest BCUT2D eigenvalue weighted by Crippen LogP contribution is 2.34. The molecule has 13 heteroatoms. The van der Waals surface area contributed by atoms with E-state index in [1.165, 1.54) is 18.5 Å². The number of nitrogens with zero attached hydrogens (tertiary/aromatic N) is 4. The lowest BCUT2D eigenvalue weighted by molar-refractivity contribution is -0.145. The molecule has 0 saturated carbocycles. The van der Waals surface area contributed by atoms with E-state index in [0.717, 1.165) is 18.6 Å². The average molecular weight is 506 g/mol. The van der Waals surface area contributed by atoms with Crippen molar-refractivity contribution >= 4 is 32.4 Å². The van der Waals surface area contributed by atoms with Crippen LogP contribution in [0.4, 0.5) is 29.1 Å². The lowest BCUT2D eigenvalue weighted by Crippen LogP contribution is -2.14. The molecule has 0 bridgehead atoms. The smallest absolute Gasteiger partial charge is 0.363 e. The van der Waals surface area contributed by atoms with E-state index in [4.69, 9.17) is 0 Å². The van der Waals surface area contributed by atoms with Gasteiger partial charge in [0, 0.05) is 23.3 Å². The molecule has 35 heavy (non-hydrogen) atoms. The summed E-state index contributed by atoms with van der Waals surface area (Å²) in [4.78, 5) is 15.2. The maximum absolute atomic E-state index is 13.4. The topological polar surface area (TPSA) is 110 Å². The van der Waals surface area contributed by atoms with Gasteiger partial charge in [0.05, 0.1) is 23.5 Å². The second kappa shape index (κ2) is 9.06. The van der Waals surface area contributed by atoms with Gasteiger partial charge in [-0.15, -0.1) is 0 Å². The molecule has 0 saturated heterocycles. The zero-order chi connectivity index (χ0) is 25.4. The fourth-order valence-corrected chi connectivity index (χ4v) is 3.92.